The number of nitrogens with one attached hydrogen (secondary N) is 1. The Labute approximate surface area is 210 Å². The zero-order valence-corrected chi connectivity index (χ0v) is 21.1. The maximum absolute atomic E-state index is 11.9. The fourth-order valence-electron chi connectivity index (χ4n) is 4.50. The van der Waals surface area contributed by atoms with Crippen molar-refractivity contribution in [2.24, 2.45) is 0 Å². The van der Waals surface area contributed by atoms with Gasteiger partial charge < -0.3 is 24.5 Å². The van der Waals surface area contributed by atoms with Gasteiger partial charge in [0.25, 0.3) is 0 Å². The van der Waals surface area contributed by atoms with Crippen molar-refractivity contribution in [3.05, 3.63) is 42.5 Å². The largest absolute Gasteiger partial charge is 0.493 e. The van der Waals surface area contributed by atoms with Crippen molar-refractivity contribution < 1.29 is 19.0 Å². The lowest BCUT2D eigenvalue weighted by molar-refractivity contribution is 0.130. The SMILES string of the molecule is CC(C)OC(=O)Nc1ccc(-c2c(N)c3ccc(OCCSC4CCOC4)cc3n2C2CC2)cc1. The zero-order valence-electron chi connectivity index (χ0n) is 20.3. The topological polar surface area (TPSA) is 87.7 Å². The molecule has 2 fully saturated rings. The molecule has 1 aliphatic heterocycles. The van der Waals surface area contributed by atoms with E-state index in [0.717, 1.165) is 71.8 Å². The van der Waals surface area contributed by atoms with Crippen LogP contribution in [0.5, 0.6) is 5.75 Å². The number of benzene rings is 2. The van der Waals surface area contributed by atoms with Crippen LogP contribution in [0.1, 0.15) is 39.2 Å². The van der Waals surface area contributed by atoms with Crippen LogP contribution in [0.15, 0.2) is 42.5 Å². The molecular formula is C27H33N3O4S. The van der Waals surface area contributed by atoms with E-state index in [1.165, 1.54) is 0 Å². The van der Waals surface area contributed by atoms with Crippen molar-refractivity contribution in [2.75, 3.05) is 36.6 Å². The van der Waals surface area contributed by atoms with Crippen LogP contribution in [0.3, 0.4) is 0 Å². The molecule has 1 aromatic heterocycles. The molecule has 8 heteroatoms. The number of thioether (sulfide) groups is 1. The molecule has 3 N–H and O–H groups in total. The van der Waals surface area contributed by atoms with Gasteiger partial charge in [-0.3, -0.25) is 5.32 Å². The van der Waals surface area contributed by atoms with Crippen LogP contribution in [0, 0.1) is 0 Å². The van der Waals surface area contributed by atoms with Gasteiger partial charge in [-0.25, -0.2) is 4.79 Å². The summed E-state index contributed by atoms with van der Waals surface area (Å²) in [4.78, 5) is 11.9. The molecule has 2 aromatic carbocycles. The number of nitrogen functional groups attached to an aromatic ring is 1. The van der Waals surface area contributed by atoms with Gasteiger partial charge in [-0.15, -0.1) is 0 Å². The first-order valence-corrected chi connectivity index (χ1v) is 13.4. The lowest BCUT2D eigenvalue weighted by Crippen LogP contribution is -2.17. The molecule has 2 heterocycles. The minimum absolute atomic E-state index is 0.169. The molecule has 1 atom stereocenters. The predicted octanol–water partition coefficient (Wildman–Crippen LogP) is 6.08. The van der Waals surface area contributed by atoms with Crippen LogP contribution in [0.4, 0.5) is 16.2 Å². The second-order valence-electron chi connectivity index (χ2n) is 9.40. The Bertz CT molecular complexity index is 1180. The summed E-state index contributed by atoms with van der Waals surface area (Å²) in [5.74, 6) is 1.82. The lowest BCUT2D eigenvalue weighted by atomic mass is 10.1. The molecule has 1 saturated heterocycles. The molecule has 1 unspecified atom stereocenters. The fourth-order valence-corrected chi connectivity index (χ4v) is 5.47. The number of rotatable bonds is 9. The van der Waals surface area contributed by atoms with Gasteiger partial charge in [-0.05, 0) is 57.4 Å². The number of carbonyl (C=O) groups is 1. The molecule has 0 radical (unpaired) electrons. The number of aromatic nitrogens is 1. The van der Waals surface area contributed by atoms with Gasteiger partial charge in [-0.2, -0.15) is 11.8 Å². The van der Waals surface area contributed by atoms with E-state index in [-0.39, 0.29) is 6.10 Å². The number of ether oxygens (including phenoxy) is 3. The van der Waals surface area contributed by atoms with Crippen molar-refractivity contribution >= 4 is 40.1 Å². The van der Waals surface area contributed by atoms with E-state index in [4.69, 9.17) is 19.9 Å². The summed E-state index contributed by atoms with van der Waals surface area (Å²) in [5, 5.41) is 4.40. The molecule has 1 aliphatic carbocycles. The van der Waals surface area contributed by atoms with E-state index in [1.807, 2.05) is 55.9 Å². The summed E-state index contributed by atoms with van der Waals surface area (Å²) in [7, 11) is 0. The molecule has 7 nitrogen and oxygen atoms in total. The van der Waals surface area contributed by atoms with Crippen LogP contribution in [-0.4, -0.2) is 47.6 Å². The average molecular weight is 496 g/mol. The van der Waals surface area contributed by atoms with Crippen LogP contribution < -0.4 is 15.8 Å². The molecule has 186 valence electrons. The summed E-state index contributed by atoms with van der Waals surface area (Å²) in [6.07, 6.45) is 2.79. The first-order chi connectivity index (χ1) is 17.0. The third-order valence-electron chi connectivity index (χ3n) is 6.27. The fraction of sp³-hybridized carbons (Fsp3) is 0.444. The van der Waals surface area contributed by atoms with E-state index in [9.17, 15) is 4.79 Å². The number of hydrogen-bond donors (Lipinski definition) is 2. The Hall–Kier alpha value is -2.84. The van der Waals surface area contributed by atoms with Gasteiger partial charge in [0.2, 0.25) is 0 Å². The average Bonchev–Trinajstić information content (AvgIpc) is 3.45. The summed E-state index contributed by atoms with van der Waals surface area (Å²) in [5.41, 5.74) is 11.3. The van der Waals surface area contributed by atoms with Crippen molar-refractivity contribution in [1.29, 1.82) is 0 Å². The third-order valence-corrected chi connectivity index (χ3v) is 7.51. The van der Waals surface area contributed by atoms with E-state index >= 15 is 0 Å². The number of nitrogens with zero attached hydrogens (tertiary/aromatic N) is 1. The van der Waals surface area contributed by atoms with E-state index < -0.39 is 6.09 Å². The Kier molecular flexibility index (Phi) is 7.11. The summed E-state index contributed by atoms with van der Waals surface area (Å²) < 4.78 is 19.1. The third kappa shape index (κ3) is 5.54. The molecule has 0 spiro atoms. The van der Waals surface area contributed by atoms with Gasteiger partial charge in [0.05, 0.1) is 36.2 Å². The van der Waals surface area contributed by atoms with Gasteiger partial charge in [0.15, 0.2) is 0 Å². The quantitative estimate of drug-likeness (QED) is 0.350. The van der Waals surface area contributed by atoms with Crippen LogP contribution in [0.25, 0.3) is 22.2 Å². The van der Waals surface area contributed by atoms with Crippen molar-refractivity contribution in [3.63, 3.8) is 0 Å². The summed E-state index contributed by atoms with van der Waals surface area (Å²) >= 11 is 1.93. The number of anilines is 2. The molecule has 5 rings (SSSR count). The smallest absolute Gasteiger partial charge is 0.411 e. The molecule has 3 aromatic rings. The lowest BCUT2D eigenvalue weighted by Gasteiger charge is -2.13. The van der Waals surface area contributed by atoms with Gasteiger partial charge in [0, 0.05) is 46.4 Å². The van der Waals surface area contributed by atoms with Crippen LogP contribution in [-0.2, 0) is 9.47 Å². The van der Waals surface area contributed by atoms with Crippen molar-refractivity contribution in [3.8, 4) is 17.0 Å². The van der Waals surface area contributed by atoms with Crippen LogP contribution in [0.2, 0.25) is 0 Å². The highest BCUT2D eigenvalue weighted by Crippen LogP contribution is 2.46. The molecular weight excluding hydrogens is 462 g/mol. The monoisotopic (exact) mass is 495 g/mol. The maximum Gasteiger partial charge on any atom is 0.411 e. The van der Waals surface area contributed by atoms with Gasteiger partial charge >= 0.3 is 6.09 Å². The minimum Gasteiger partial charge on any atom is -0.493 e. The highest BCUT2D eigenvalue weighted by atomic mass is 32.2. The second-order valence-corrected chi connectivity index (χ2v) is 10.8. The number of amides is 1. The maximum atomic E-state index is 11.9. The van der Waals surface area contributed by atoms with Crippen molar-refractivity contribution in [1.82, 2.24) is 4.57 Å². The number of hydrogen-bond acceptors (Lipinski definition) is 6. The van der Waals surface area contributed by atoms with E-state index in [0.29, 0.717) is 23.6 Å². The Morgan fingerprint density at radius 1 is 1.20 bits per heavy atom. The number of nitrogens with two attached hydrogens (primary N) is 1. The standard InChI is InChI=1S/C27H33N3O4S/c1-17(2)34-27(31)29-19-5-3-18(4-6-19)26-25(28)23-10-9-21(15-24(23)30(26)20-7-8-20)33-13-14-35-22-11-12-32-16-22/h3-6,9-10,15,17,20,22H,7-8,11-14,16,28H2,1-2H3,(H,29,31). The highest BCUT2D eigenvalue weighted by molar-refractivity contribution is 7.99. The molecule has 2 aliphatic rings. The first-order valence-electron chi connectivity index (χ1n) is 12.3. The van der Waals surface area contributed by atoms with Crippen molar-refractivity contribution in [2.45, 2.75) is 50.5 Å². The molecule has 1 amide bonds. The Balaban J connectivity index is 1.35. The van der Waals surface area contributed by atoms with Gasteiger partial charge in [-0.1, -0.05) is 12.1 Å². The number of carbonyl (C=O) groups excluding carboxylic acids is 1. The van der Waals surface area contributed by atoms with Crippen LogP contribution >= 0.6 is 11.8 Å². The molecule has 35 heavy (non-hydrogen) atoms. The Morgan fingerprint density at radius 3 is 2.69 bits per heavy atom. The molecule has 1 saturated carbocycles. The highest BCUT2D eigenvalue weighted by Gasteiger charge is 2.30. The van der Waals surface area contributed by atoms with Gasteiger partial charge in [0.1, 0.15) is 5.75 Å². The summed E-state index contributed by atoms with van der Waals surface area (Å²) in [6.45, 7) is 6.05. The predicted molar refractivity (Wildman–Crippen MR) is 142 cm³/mol. The normalized spacial score (nSPS) is 17.7. The first kappa shape index (κ1) is 23.9. The van der Waals surface area contributed by atoms with E-state index in [2.05, 4.69) is 22.0 Å². The number of fused-ring (bicyclic) bond motifs is 1. The zero-order chi connectivity index (χ0) is 24.4. The van der Waals surface area contributed by atoms with E-state index in [1.54, 1.807) is 0 Å². The second kappa shape index (κ2) is 10.4. The molecule has 0 bridgehead atoms. The Morgan fingerprint density at radius 2 is 2.00 bits per heavy atom. The summed E-state index contributed by atoms with van der Waals surface area (Å²) in [6, 6.07) is 14.4. The minimum atomic E-state index is -0.457.